The number of carbonyl (C=O) groups excluding carboxylic acids is 3. The Morgan fingerprint density at radius 2 is 1.80 bits per heavy atom. The third-order valence-corrected chi connectivity index (χ3v) is 10.2. The van der Waals surface area contributed by atoms with Gasteiger partial charge in [-0.25, -0.2) is 13.8 Å². The molecule has 0 aliphatic carbocycles. The summed E-state index contributed by atoms with van der Waals surface area (Å²) >= 11 is 6.56. The molecule has 286 valence electrons. The topological polar surface area (TPSA) is 155 Å². The van der Waals surface area contributed by atoms with Crippen molar-refractivity contribution in [3.05, 3.63) is 82.5 Å². The van der Waals surface area contributed by atoms with Crippen LogP contribution in [0.5, 0.6) is 0 Å². The SMILES string of the molecule is CCC(C=O)(CCN(C)C)CN1CCN(C(=O)c2ccc(NC(=O)c3ncc(-c4ccc(-c5c[nH]nc5/C(=C/C=N)NC)c(F)c4F)n3C)cc2Cl)CC1. The van der Waals surface area contributed by atoms with Crippen LogP contribution in [0.3, 0.4) is 0 Å². The Hall–Kier alpha value is -5.25. The van der Waals surface area contributed by atoms with Crippen LogP contribution in [0.15, 0.2) is 48.8 Å². The number of H-pyrrole nitrogens is 1. The number of allylic oxidation sites excluding steroid dienone is 1. The van der Waals surface area contributed by atoms with Crippen LogP contribution >= 0.6 is 11.6 Å². The molecule has 1 atom stereocenters. The second kappa shape index (κ2) is 17.3. The predicted molar refractivity (Wildman–Crippen MR) is 206 cm³/mol. The van der Waals surface area contributed by atoms with Crippen LogP contribution in [0.2, 0.25) is 5.02 Å². The molecule has 0 spiro atoms. The number of imidazole rings is 1. The van der Waals surface area contributed by atoms with Gasteiger partial charge in [-0.3, -0.25) is 19.6 Å². The van der Waals surface area contributed by atoms with E-state index in [0.717, 1.165) is 31.9 Å². The number of carbonyl (C=O) groups is 3. The Balaban J connectivity index is 1.25. The Kier molecular flexibility index (Phi) is 12.8. The Bertz CT molecular complexity index is 2050. The highest BCUT2D eigenvalue weighted by Gasteiger charge is 2.33. The molecule has 2 aromatic heterocycles. The minimum atomic E-state index is -1.14. The zero-order valence-corrected chi connectivity index (χ0v) is 31.7. The average Bonchev–Trinajstić information content (AvgIpc) is 3.80. The number of hydrogen-bond donors (Lipinski definition) is 4. The summed E-state index contributed by atoms with van der Waals surface area (Å²) in [5.41, 5.74) is 1.22. The molecule has 1 saturated heterocycles. The smallest absolute Gasteiger partial charge is 0.291 e. The summed E-state index contributed by atoms with van der Waals surface area (Å²) in [6.45, 7) is 5.73. The van der Waals surface area contributed by atoms with Crippen molar-refractivity contribution in [3.8, 4) is 22.4 Å². The Labute approximate surface area is 317 Å². The van der Waals surface area contributed by atoms with Gasteiger partial charge in [-0.1, -0.05) is 24.6 Å². The summed E-state index contributed by atoms with van der Waals surface area (Å²) in [5, 5.41) is 19.9. The highest BCUT2D eigenvalue weighted by Crippen LogP contribution is 2.34. The molecular weight excluding hydrogens is 718 g/mol. The lowest BCUT2D eigenvalue weighted by atomic mass is 9.82. The minimum Gasteiger partial charge on any atom is -0.386 e. The zero-order chi connectivity index (χ0) is 39.2. The van der Waals surface area contributed by atoms with E-state index in [1.54, 1.807) is 24.1 Å². The predicted octanol–water partition coefficient (Wildman–Crippen LogP) is 5.18. The first-order chi connectivity index (χ1) is 25.9. The number of aromatic amines is 1. The molecule has 16 heteroatoms. The number of aldehydes is 1. The number of nitrogens with one attached hydrogen (secondary N) is 4. The van der Waals surface area contributed by atoms with E-state index < -0.39 is 23.0 Å². The molecular formula is C38H45ClF2N10O3. The summed E-state index contributed by atoms with van der Waals surface area (Å²) in [6, 6.07) is 7.41. The summed E-state index contributed by atoms with van der Waals surface area (Å²) in [7, 11) is 7.12. The number of nitrogens with zero attached hydrogens (tertiary/aromatic N) is 6. The van der Waals surface area contributed by atoms with Gasteiger partial charge in [-0.2, -0.15) is 5.10 Å². The maximum atomic E-state index is 15.6. The summed E-state index contributed by atoms with van der Waals surface area (Å²) in [5.74, 6) is -3.19. The van der Waals surface area contributed by atoms with Gasteiger partial charge >= 0.3 is 0 Å². The molecule has 54 heavy (non-hydrogen) atoms. The average molecular weight is 763 g/mol. The third-order valence-electron chi connectivity index (χ3n) is 9.92. The van der Waals surface area contributed by atoms with Crippen molar-refractivity contribution in [2.75, 3.05) is 65.7 Å². The molecule has 0 bridgehead atoms. The van der Waals surface area contributed by atoms with Crippen molar-refractivity contribution in [2.45, 2.75) is 19.8 Å². The molecule has 1 unspecified atom stereocenters. The van der Waals surface area contributed by atoms with Crippen molar-refractivity contribution < 1.29 is 23.2 Å². The Morgan fingerprint density at radius 3 is 2.43 bits per heavy atom. The number of benzene rings is 2. The molecule has 2 amide bonds. The first-order valence-corrected chi connectivity index (χ1v) is 17.9. The zero-order valence-electron chi connectivity index (χ0n) is 31.0. The highest BCUT2D eigenvalue weighted by molar-refractivity contribution is 6.34. The fourth-order valence-corrected chi connectivity index (χ4v) is 6.82. The molecule has 4 N–H and O–H groups in total. The third kappa shape index (κ3) is 8.43. The van der Waals surface area contributed by atoms with Gasteiger partial charge in [0.05, 0.1) is 28.2 Å². The lowest BCUT2D eigenvalue weighted by Crippen LogP contribution is -2.52. The van der Waals surface area contributed by atoms with Gasteiger partial charge in [-0.05, 0) is 63.8 Å². The summed E-state index contributed by atoms with van der Waals surface area (Å²) in [4.78, 5) is 49.1. The van der Waals surface area contributed by atoms with E-state index >= 15 is 8.78 Å². The second-order valence-corrected chi connectivity index (χ2v) is 14.0. The maximum Gasteiger partial charge on any atom is 0.291 e. The van der Waals surface area contributed by atoms with Gasteiger partial charge in [0.2, 0.25) is 0 Å². The normalized spacial score (nSPS) is 14.9. The van der Waals surface area contributed by atoms with E-state index in [-0.39, 0.29) is 33.6 Å². The maximum absolute atomic E-state index is 15.6. The second-order valence-electron chi connectivity index (χ2n) is 13.6. The molecule has 4 aromatic rings. The molecule has 0 saturated carbocycles. The van der Waals surface area contributed by atoms with Crippen molar-refractivity contribution in [2.24, 2.45) is 12.5 Å². The minimum absolute atomic E-state index is 0.0453. The van der Waals surface area contributed by atoms with Gasteiger partial charge in [0.1, 0.15) is 12.0 Å². The van der Waals surface area contributed by atoms with Crippen LogP contribution in [0.4, 0.5) is 14.5 Å². The molecule has 5 rings (SSSR count). The van der Waals surface area contributed by atoms with E-state index in [0.29, 0.717) is 60.9 Å². The van der Waals surface area contributed by atoms with Gasteiger partial charge in [0, 0.05) is 87.0 Å². The first kappa shape index (κ1) is 39.9. The molecule has 0 radical (unpaired) electrons. The Morgan fingerprint density at radius 1 is 1.09 bits per heavy atom. The number of amides is 2. The number of anilines is 1. The molecule has 1 aliphatic heterocycles. The van der Waals surface area contributed by atoms with Gasteiger partial charge in [0.15, 0.2) is 17.5 Å². The largest absolute Gasteiger partial charge is 0.386 e. The van der Waals surface area contributed by atoms with E-state index in [1.165, 1.54) is 48.3 Å². The number of rotatable bonds is 15. The van der Waals surface area contributed by atoms with Crippen LogP contribution in [0.25, 0.3) is 28.1 Å². The van der Waals surface area contributed by atoms with Gasteiger partial charge < -0.3 is 35.2 Å². The number of aromatic nitrogens is 4. The fourth-order valence-electron chi connectivity index (χ4n) is 6.56. The number of piperazine rings is 1. The van der Waals surface area contributed by atoms with Crippen molar-refractivity contribution in [1.82, 2.24) is 39.8 Å². The van der Waals surface area contributed by atoms with Crippen molar-refractivity contribution in [1.29, 1.82) is 5.41 Å². The molecule has 13 nitrogen and oxygen atoms in total. The quantitative estimate of drug-likeness (QED) is 0.0955. The highest BCUT2D eigenvalue weighted by atomic mass is 35.5. The van der Waals surface area contributed by atoms with Crippen molar-refractivity contribution in [3.63, 3.8) is 0 Å². The first-order valence-electron chi connectivity index (χ1n) is 17.5. The fraction of sp³-hybridized carbons (Fsp3) is 0.368. The lowest BCUT2D eigenvalue weighted by molar-refractivity contribution is -0.118. The summed E-state index contributed by atoms with van der Waals surface area (Å²) in [6.07, 6.45) is 7.81. The van der Waals surface area contributed by atoms with E-state index in [1.807, 2.05) is 21.0 Å². The molecule has 1 fully saturated rings. The lowest BCUT2D eigenvalue weighted by Gasteiger charge is -2.39. The summed E-state index contributed by atoms with van der Waals surface area (Å²) < 4.78 is 32.5. The molecule has 2 aromatic carbocycles. The van der Waals surface area contributed by atoms with Gasteiger partial charge in [0.25, 0.3) is 11.8 Å². The van der Waals surface area contributed by atoms with E-state index in [9.17, 15) is 14.4 Å². The van der Waals surface area contributed by atoms with Crippen molar-refractivity contribution >= 4 is 47.3 Å². The van der Waals surface area contributed by atoms with E-state index in [2.05, 4.69) is 35.6 Å². The van der Waals surface area contributed by atoms with E-state index in [4.69, 9.17) is 17.0 Å². The van der Waals surface area contributed by atoms with Crippen LogP contribution < -0.4 is 10.6 Å². The van der Waals surface area contributed by atoms with Gasteiger partial charge in [-0.15, -0.1) is 0 Å². The molecule has 1 aliphatic rings. The standard InChI is InChI=1S/C38H45ClF2N10O3/c1-6-38(23-52,12-14-48(3)4)22-50-15-17-51(18-16-50)37(54)26-8-7-24(19-29(26)39)46-36(53)35-44-21-31(49(35)5)27-10-9-25(32(40)33(27)41)28-20-45-47-34(28)30(43-2)11-13-42/h7-11,13,19-21,23,42-43H,6,12,14-18,22H2,1-5H3,(H,45,47)(H,46,53)/b30-11-,42-13?. The van der Waals surface area contributed by atoms with Crippen LogP contribution in [0.1, 0.15) is 46.4 Å². The van der Waals surface area contributed by atoms with Crippen LogP contribution in [-0.4, -0.2) is 119 Å². The molecule has 3 heterocycles. The monoisotopic (exact) mass is 762 g/mol. The van der Waals surface area contributed by atoms with Crippen LogP contribution in [0, 0.1) is 22.5 Å². The van der Waals surface area contributed by atoms with Crippen LogP contribution in [-0.2, 0) is 11.8 Å². The number of hydrogen-bond acceptors (Lipinski definition) is 9. The number of halogens is 3.